The number of fused-ring (bicyclic) bond motifs is 1. The van der Waals surface area contributed by atoms with Crippen LogP contribution in [0.2, 0.25) is 0 Å². The number of carbonyl (C=O) groups is 3. The predicted octanol–water partition coefficient (Wildman–Crippen LogP) is 0.229. The number of hydrogen-bond acceptors (Lipinski definition) is 10. The monoisotopic (exact) mass is 536 g/mol. The highest BCUT2D eigenvalue weighted by molar-refractivity contribution is 5.97. The number of oxime groups is 1. The number of carboxylic acids is 3. The molecule has 2 aliphatic rings. The summed E-state index contributed by atoms with van der Waals surface area (Å²) in [7, 11) is 1.44. The second kappa shape index (κ2) is 11.1. The molecule has 2 aromatic rings. The van der Waals surface area contributed by atoms with Crippen LogP contribution < -0.4 is 21.8 Å². The summed E-state index contributed by atoms with van der Waals surface area (Å²) < 4.78 is 16.7. The van der Waals surface area contributed by atoms with Crippen LogP contribution in [0.25, 0.3) is 11.0 Å². The van der Waals surface area contributed by atoms with Crippen LogP contribution in [0.4, 0.5) is 10.2 Å². The number of aromatic nitrogens is 2. The fraction of sp³-hybridized carbons (Fsp3) is 0.478. The minimum atomic E-state index is -1.34. The number of nitrogens with zero attached hydrogens (tertiary/aromatic N) is 4. The molecular weight excluding hydrogens is 507 g/mol. The maximum atomic E-state index is 15.0. The van der Waals surface area contributed by atoms with E-state index in [1.165, 1.54) is 13.3 Å². The Balaban J connectivity index is 0.000000383. The van der Waals surface area contributed by atoms with Gasteiger partial charge in [-0.15, -0.1) is 0 Å². The maximum Gasteiger partial charge on any atom is 0.341 e. The molecule has 0 aromatic carbocycles. The van der Waals surface area contributed by atoms with Crippen LogP contribution in [0.3, 0.4) is 0 Å². The van der Waals surface area contributed by atoms with E-state index in [0.29, 0.717) is 18.8 Å². The van der Waals surface area contributed by atoms with E-state index in [4.69, 9.17) is 26.5 Å². The molecule has 0 unspecified atom stereocenters. The summed E-state index contributed by atoms with van der Waals surface area (Å²) in [5.41, 5.74) is 10.1. The van der Waals surface area contributed by atoms with Crippen molar-refractivity contribution in [2.75, 3.05) is 31.6 Å². The summed E-state index contributed by atoms with van der Waals surface area (Å²) >= 11 is 0. The largest absolute Gasteiger partial charge is 0.481 e. The van der Waals surface area contributed by atoms with Crippen LogP contribution in [0.1, 0.15) is 42.6 Å². The lowest BCUT2D eigenvalue weighted by Crippen LogP contribution is -2.36. The molecule has 0 bridgehead atoms. The zero-order chi connectivity index (χ0) is 28.4. The smallest absolute Gasteiger partial charge is 0.341 e. The summed E-state index contributed by atoms with van der Waals surface area (Å²) in [6, 6.07) is -0.153. The molecule has 206 valence electrons. The number of aliphatic carboxylic acids is 2. The Hall–Kier alpha value is -4.11. The minimum absolute atomic E-state index is 0.0374. The number of rotatable bonds is 8. The van der Waals surface area contributed by atoms with Gasteiger partial charge in [-0.2, -0.15) is 0 Å². The van der Waals surface area contributed by atoms with E-state index in [1.54, 1.807) is 9.47 Å². The van der Waals surface area contributed by atoms with Gasteiger partial charge in [0.2, 0.25) is 5.43 Å². The Morgan fingerprint density at radius 1 is 1.32 bits per heavy atom. The molecule has 2 atom stereocenters. The molecular formula is C23H29FN6O8. The van der Waals surface area contributed by atoms with Gasteiger partial charge >= 0.3 is 17.9 Å². The topological polar surface area (TPSA) is 224 Å². The summed E-state index contributed by atoms with van der Waals surface area (Å²) in [5, 5.41) is 29.4. The SMILES string of the molecule is CO/N=C1\CN(c2nc3c(cc2F)c(=O)c(C(=O)O)cn3C2CC2)C[C@@]1(C)CN.N[C@@H](CC(=O)O)C(=O)O. The normalized spacial score (nSPS) is 20.7. The van der Waals surface area contributed by atoms with Crippen molar-refractivity contribution in [1.29, 1.82) is 0 Å². The molecule has 1 saturated heterocycles. The van der Waals surface area contributed by atoms with E-state index in [1.807, 2.05) is 6.92 Å². The molecule has 15 heteroatoms. The van der Waals surface area contributed by atoms with E-state index < -0.39 is 47.0 Å². The first kappa shape index (κ1) is 28.5. The number of aromatic carboxylic acids is 1. The molecule has 7 N–H and O–H groups in total. The summed E-state index contributed by atoms with van der Waals surface area (Å²) in [5.74, 6) is -4.45. The van der Waals surface area contributed by atoms with E-state index in [9.17, 15) is 28.7 Å². The van der Waals surface area contributed by atoms with Crippen LogP contribution in [0, 0.1) is 11.2 Å². The third kappa shape index (κ3) is 5.89. The zero-order valence-corrected chi connectivity index (χ0v) is 20.8. The van der Waals surface area contributed by atoms with Crippen molar-refractivity contribution in [2.24, 2.45) is 22.0 Å². The van der Waals surface area contributed by atoms with Gasteiger partial charge < -0.3 is 41.1 Å². The highest BCUT2D eigenvalue weighted by Gasteiger charge is 2.41. The second-order valence-corrected chi connectivity index (χ2v) is 9.36. The van der Waals surface area contributed by atoms with Crippen molar-refractivity contribution >= 4 is 40.5 Å². The molecule has 2 fully saturated rings. The average molecular weight is 537 g/mol. The lowest BCUT2D eigenvalue weighted by Gasteiger charge is -2.23. The van der Waals surface area contributed by atoms with Crippen molar-refractivity contribution in [1.82, 2.24) is 9.55 Å². The maximum absolute atomic E-state index is 15.0. The van der Waals surface area contributed by atoms with Gasteiger partial charge in [-0.05, 0) is 18.9 Å². The van der Waals surface area contributed by atoms with Gasteiger partial charge in [0.05, 0.1) is 24.1 Å². The fourth-order valence-electron chi connectivity index (χ4n) is 4.04. The quantitative estimate of drug-likeness (QED) is 0.286. The first-order chi connectivity index (χ1) is 17.8. The lowest BCUT2D eigenvalue weighted by molar-refractivity contribution is -0.144. The molecule has 4 rings (SSSR count). The predicted molar refractivity (Wildman–Crippen MR) is 133 cm³/mol. The van der Waals surface area contributed by atoms with Gasteiger partial charge in [0, 0.05) is 30.7 Å². The van der Waals surface area contributed by atoms with E-state index in [0.717, 1.165) is 18.9 Å². The highest BCUT2D eigenvalue weighted by Crippen LogP contribution is 2.38. The van der Waals surface area contributed by atoms with Crippen molar-refractivity contribution in [3.63, 3.8) is 0 Å². The Kier molecular flexibility index (Phi) is 8.31. The molecule has 14 nitrogen and oxygen atoms in total. The Morgan fingerprint density at radius 2 is 1.97 bits per heavy atom. The second-order valence-electron chi connectivity index (χ2n) is 9.36. The molecule has 3 heterocycles. The van der Waals surface area contributed by atoms with Crippen molar-refractivity contribution in [3.8, 4) is 0 Å². The number of halogens is 1. The first-order valence-electron chi connectivity index (χ1n) is 11.6. The van der Waals surface area contributed by atoms with Crippen LogP contribution in [0.15, 0.2) is 22.2 Å². The standard InChI is InChI=1S/C19H22FN5O4.C4H7NO4/c1-19(8-21)9-24(7-14(19)23-29-2)17-13(20)5-11-15(26)12(18(27)28)6-25(10-3-4-10)16(11)22-17;5-2(4(8)9)1-3(6)7/h5-6,10H,3-4,7-9,21H2,1-2H3,(H,27,28);2H,1,5H2,(H,6,7)(H,8,9)/b23-14+;/t19-;2-/m10/s1. The molecule has 0 radical (unpaired) electrons. The molecule has 38 heavy (non-hydrogen) atoms. The molecule has 1 saturated carbocycles. The van der Waals surface area contributed by atoms with Crippen molar-refractivity contribution < 1.29 is 38.9 Å². The van der Waals surface area contributed by atoms with Gasteiger partial charge in [-0.3, -0.25) is 14.4 Å². The van der Waals surface area contributed by atoms with Gasteiger partial charge in [0.25, 0.3) is 0 Å². The third-order valence-electron chi connectivity index (χ3n) is 6.35. The average Bonchev–Trinajstić information content (AvgIpc) is 3.63. The van der Waals surface area contributed by atoms with Gasteiger partial charge in [-0.25, -0.2) is 14.2 Å². The van der Waals surface area contributed by atoms with Crippen LogP contribution >= 0.6 is 0 Å². The van der Waals surface area contributed by atoms with E-state index in [-0.39, 0.29) is 35.0 Å². The molecule has 2 aromatic heterocycles. The molecule has 1 aliphatic carbocycles. The summed E-state index contributed by atoms with van der Waals surface area (Å²) in [4.78, 5) is 54.7. The number of anilines is 1. The molecule has 0 spiro atoms. The number of nitrogens with two attached hydrogens (primary N) is 2. The molecule has 1 aliphatic heterocycles. The Bertz CT molecular complexity index is 1360. The van der Waals surface area contributed by atoms with Crippen molar-refractivity contribution in [2.45, 2.75) is 38.3 Å². The lowest BCUT2D eigenvalue weighted by atomic mass is 9.88. The number of carboxylic acid groups (broad SMARTS) is 3. The van der Waals surface area contributed by atoms with E-state index in [2.05, 4.69) is 10.1 Å². The van der Waals surface area contributed by atoms with Crippen molar-refractivity contribution in [3.05, 3.63) is 33.9 Å². The van der Waals surface area contributed by atoms with E-state index >= 15 is 0 Å². The molecule has 0 amide bonds. The van der Waals surface area contributed by atoms with Crippen LogP contribution in [0.5, 0.6) is 0 Å². The zero-order valence-electron chi connectivity index (χ0n) is 20.8. The first-order valence-corrected chi connectivity index (χ1v) is 11.6. The minimum Gasteiger partial charge on any atom is -0.481 e. The van der Waals surface area contributed by atoms with Gasteiger partial charge in [-0.1, -0.05) is 12.1 Å². The van der Waals surface area contributed by atoms with Crippen LogP contribution in [-0.2, 0) is 14.4 Å². The highest BCUT2D eigenvalue weighted by atomic mass is 19.1. The Morgan fingerprint density at radius 3 is 2.45 bits per heavy atom. The van der Waals surface area contributed by atoms with Crippen LogP contribution in [-0.4, -0.2) is 81.3 Å². The Labute approximate surface area is 215 Å². The fourth-order valence-corrected chi connectivity index (χ4v) is 4.04. The summed E-state index contributed by atoms with van der Waals surface area (Å²) in [6.45, 7) is 2.90. The van der Waals surface area contributed by atoms with Gasteiger partial charge in [0.1, 0.15) is 24.4 Å². The van der Waals surface area contributed by atoms with Gasteiger partial charge in [0.15, 0.2) is 11.6 Å². The third-order valence-corrected chi connectivity index (χ3v) is 6.35. The summed E-state index contributed by atoms with van der Waals surface area (Å²) in [6.07, 6.45) is 2.48. The number of pyridine rings is 2. The number of hydrogen-bond donors (Lipinski definition) is 5.